The molecule has 0 unspecified atom stereocenters. The number of aromatic nitrogens is 2. The van der Waals surface area contributed by atoms with Gasteiger partial charge in [0.05, 0.1) is 28.8 Å². The van der Waals surface area contributed by atoms with Gasteiger partial charge in [0.2, 0.25) is 0 Å². The Morgan fingerprint density at radius 2 is 1.60 bits per heavy atom. The monoisotopic (exact) mass is 421 g/mol. The van der Waals surface area contributed by atoms with Gasteiger partial charge in [-0.15, -0.1) is 0 Å². The van der Waals surface area contributed by atoms with Gasteiger partial charge in [0.25, 0.3) is 0 Å². The van der Waals surface area contributed by atoms with Crippen LogP contribution in [0.2, 0.25) is 0 Å². The molecule has 0 saturated carbocycles. The minimum atomic E-state index is -0.778. The summed E-state index contributed by atoms with van der Waals surface area (Å²) in [4.78, 5) is 29.4. The van der Waals surface area contributed by atoms with Crippen LogP contribution in [-0.2, 0) is 21.4 Å². The highest BCUT2D eigenvalue weighted by Gasteiger charge is 2.31. The number of carbonyl (C=O) groups excluding carboxylic acids is 2. The fourth-order valence-corrected chi connectivity index (χ4v) is 2.95. The predicted molar refractivity (Wildman–Crippen MR) is 113 cm³/mol. The van der Waals surface area contributed by atoms with Crippen molar-refractivity contribution in [1.29, 1.82) is 0 Å². The molecule has 0 aliphatic rings. The van der Waals surface area contributed by atoms with E-state index in [0.29, 0.717) is 11.2 Å². The molecular formula is C22H32FN3O4. The minimum absolute atomic E-state index is 0.0244. The molecule has 0 saturated heterocycles. The van der Waals surface area contributed by atoms with Crippen LogP contribution in [0.25, 0.3) is 10.9 Å². The first-order chi connectivity index (χ1) is 13.5. The number of halogens is 1. The number of nitrogens with zero attached hydrogens (tertiary/aromatic N) is 2. The van der Waals surface area contributed by atoms with Crippen molar-refractivity contribution < 1.29 is 23.5 Å². The van der Waals surface area contributed by atoms with E-state index in [0.717, 1.165) is 4.57 Å². The van der Waals surface area contributed by atoms with Crippen molar-refractivity contribution in [1.82, 2.24) is 14.9 Å². The highest BCUT2D eigenvalue weighted by Crippen LogP contribution is 2.33. The maximum absolute atomic E-state index is 15.6. The Balaban J connectivity index is 2.61. The van der Waals surface area contributed by atoms with Crippen LogP contribution in [0, 0.1) is 5.82 Å². The van der Waals surface area contributed by atoms with Gasteiger partial charge in [-0.05, 0) is 47.6 Å². The van der Waals surface area contributed by atoms with Crippen LogP contribution in [0.5, 0.6) is 0 Å². The molecule has 0 aliphatic heterocycles. The summed E-state index contributed by atoms with van der Waals surface area (Å²) < 4.78 is 27.5. The van der Waals surface area contributed by atoms with E-state index >= 15 is 4.39 Å². The van der Waals surface area contributed by atoms with Crippen LogP contribution in [-0.4, -0.2) is 32.9 Å². The highest BCUT2D eigenvalue weighted by molar-refractivity contribution is 5.93. The van der Waals surface area contributed by atoms with Gasteiger partial charge in [-0.2, -0.15) is 0 Å². The first-order valence-corrected chi connectivity index (χ1v) is 9.90. The molecule has 0 atom stereocenters. The fraction of sp³-hybridized carbons (Fsp3) is 0.591. The van der Waals surface area contributed by atoms with E-state index in [9.17, 15) is 9.59 Å². The molecule has 8 heteroatoms. The molecule has 1 N–H and O–H groups in total. The standard InChI is InChI=1S/C22H32FN3O4/c1-20(2,3)17-15-13(10-11-24-17)26(19(28)30-22(7,8)9)14(16(15)23)12-25-18(27)29-21(4,5)6/h10-11H,12H2,1-9H3,(H,25,27). The number of alkyl carbamates (subject to hydrolysis) is 1. The zero-order valence-electron chi connectivity index (χ0n) is 19.3. The van der Waals surface area contributed by atoms with Crippen molar-refractivity contribution in [2.45, 2.75) is 85.5 Å². The second kappa shape index (κ2) is 7.89. The number of hydrogen-bond acceptors (Lipinski definition) is 5. The van der Waals surface area contributed by atoms with Gasteiger partial charge in [0.1, 0.15) is 11.2 Å². The Morgan fingerprint density at radius 3 is 2.10 bits per heavy atom. The SMILES string of the molecule is CC(C)(C)OC(=O)NCc1c(F)c2c(C(C)(C)C)nccc2n1C(=O)OC(C)(C)C. The normalized spacial score (nSPS) is 12.7. The number of hydrogen-bond donors (Lipinski definition) is 1. The van der Waals surface area contributed by atoms with Gasteiger partial charge >= 0.3 is 12.2 Å². The van der Waals surface area contributed by atoms with Crippen molar-refractivity contribution in [2.24, 2.45) is 0 Å². The van der Waals surface area contributed by atoms with Crippen LogP contribution in [0.15, 0.2) is 12.3 Å². The largest absolute Gasteiger partial charge is 0.444 e. The van der Waals surface area contributed by atoms with Gasteiger partial charge in [-0.1, -0.05) is 20.8 Å². The van der Waals surface area contributed by atoms with Crippen LogP contribution >= 0.6 is 0 Å². The summed E-state index contributed by atoms with van der Waals surface area (Å²) in [5.74, 6) is -0.620. The van der Waals surface area contributed by atoms with Gasteiger partial charge in [0.15, 0.2) is 5.82 Å². The zero-order valence-corrected chi connectivity index (χ0v) is 19.3. The summed E-state index contributed by atoms with van der Waals surface area (Å²) in [5, 5.41) is 2.76. The minimum Gasteiger partial charge on any atom is -0.444 e. The summed E-state index contributed by atoms with van der Waals surface area (Å²) in [6.45, 7) is 15.9. The Hall–Kier alpha value is -2.64. The summed E-state index contributed by atoms with van der Waals surface area (Å²) in [5.41, 5.74) is -1.12. The second-order valence-corrected chi connectivity index (χ2v) is 10.2. The van der Waals surface area contributed by atoms with E-state index in [1.54, 1.807) is 47.6 Å². The van der Waals surface area contributed by atoms with Crippen LogP contribution in [0.1, 0.15) is 73.7 Å². The van der Waals surface area contributed by atoms with Crippen molar-refractivity contribution in [3.05, 3.63) is 29.5 Å². The summed E-state index contributed by atoms with van der Waals surface area (Å²) in [6.07, 6.45) is 0.0920. The van der Waals surface area contributed by atoms with Gasteiger partial charge in [-0.3, -0.25) is 4.98 Å². The smallest absolute Gasteiger partial charge is 0.419 e. The van der Waals surface area contributed by atoms with E-state index in [-0.39, 0.29) is 17.6 Å². The van der Waals surface area contributed by atoms with Gasteiger partial charge < -0.3 is 14.8 Å². The fourth-order valence-electron chi connectivity index (χ4n) is 2.95. The number of nitrogens with one attached hydrogen (secondary N) is 1. The van der Waals surface area contributed by atoms with E-state index in [4.69, 9.17) is 9.47 Å². The third-order valence-corrected chi connectivity index (χ3v) is 4.00. The van der Waals surface area contributed by atoms with Crippen LogP contribution < -0.4 is 5.32 Å². The lowest BCUT2D eigenvalue weighted by Gasteiger charge is -2.22. The Bertz CT molecular complexity index is 960. The molecule has 0 bridgehead atoms. The summed E-state index contributed by atoms with van der Waals surface area (Å²) in [6, 6.07) is 1.56. The zero-order chi connectivity index (χ0) is 23.1. The molecule has 166 valence electrons. The predicted octanol–water partition coefficient (Wildman–Crippen LogP) is 5.28. The Labute approximate surface area is 176 Å². The Kier molecular flexibility index (Phi) is 6.21. The molecule has 0 aromatic carbocycles. The number of fused-ring (bicyclic) bond motifs is 1. The molecule has 0 fully saturated rings. The van der Waals surface area contributed by atoms with Crippen molar-refractivity contribution in [3.63, 3.8) is 0 Å². The maximum Gasteiger partial charge on any atom is 0.419 e. The summed E-state index contributed by atoms with van der Waals surface area (Å²) >= 11 is 0. The topological polar surface area (TPSA) is 82.5 Å². The molecule has 2 aromatic rings. The van der Waals surface area contributed by atoms with Crippen molar-refractivity contribution in [2.75, 3.05) is 0 Å². The van der Waals surface area contributed by atoms with E-state index in [1.807, 2.05) is 20.8 Å². The quantitative estimate of drug-likeness (QED) is 0.713. The second-order valence-electron chi connectivity index (χ2n) is 10.2. The first-order valence-electron chi connectivity index (χ1n) is 9.90. The lowest BCUT2D eigenvalue weighted by molar-refractivity contribution is 0.0497. The average Bonchev–Trinajstić information content (AvgIpc) is 2.81. The lowest BCUT2D eigenvalue weighted by Crippen LogP contribution is -2.34. The number of pyridine rings is 1. The molecule has 2 rings (SSSR count). The molecule has 2 aromatic heterocycles. The van der Waals surface area contributed by atoms with Crippen molar-refractivity contribution >= 4 is 23.1 Å². The maximum atomic E-state index is 15.6. The van der Waals surface area contributed by atoms with Gasteiger partial charge in [-0.25, -0.2) is 18.5 Å². The molecule has 30 heavy (non-hydrogen) atoms. The molecule has 0 spiro atoms. The molecule has 2 heterocycles. The summed E-state index contributed by atoms with van der Waals surface area (Å²) in [7, 11) is 0. The van der Waals surface area contributed by atoms with Crippen LogP contribution in [0.3, 0.4) is 0 Å². The van der Waals surface area contributed by atoms with Crippen LogP contribution in [0.4, 0.5) is 14.0 Å². The molecule has 0 radical (unpaired) electrons. The Morgan fingerprint density at radius 1 is 1.03 bits per heavy atom. The molecule has 7 nitrogen and oxygen atoms in total. The molecule has 0 aliphatic carbocycles. The third-order valence-electron chi connectivity index (χ3n) is 4.00. The van der Waals surface area contributed by atoms with E-state index < -0.39 is 34.6 Å². The highest BCUT2D eigenvalue weighted by atomic mass is 19.1. The van der Waals surface area contributed by atoms with Gasteiger partial charge in [0, 0.05) is 11.6 Å². The number of amides is 1. The van der Waals surface area contributed by atoms with Crippen molar-refractivity contribution in [3.8, 4) is 0 Å². The molecular weight excluding hydrogens is 389 g/mol. The van der Waals surface area contributed by atoms with E-state index in [2.05, 4.69) is 10.3 Å². The number of carbonyl (C=O) groups is 2. The molecule has 1 amide bonds. The number of rotatable bonds is 2. The first kappa shape index (κ1) is 23.6. The lowest BCUT2D eigenvalue weighted by atomic mass is 9.89. The number of ether oxygens (including phenoxy) is 2. The third kappa shape index (κ3) is 5.49. The average molecular weight is 422 g/mol. The van der Waals surface area contributed by atoms with E-state index in [1.165, 1.54) is 6.20 Å².